The first-order chi connectivity index (χ1) is 24.4. The molecular formula is C36H32N2O12S. The number of nitrogens with one attached hydrogen (secondary N) is 2. The van der Waals surface area contributed by atoms with Gasteiger partial charge in [0.2, 0.25) is 0 Å². The number of aromatic nitrogens is 2. The van der Waals surface area contributed by atoms with Gasteiger partial charge in [0.1, 0.15) is 0 Å². The second kappa shape index (κ2) is 13.9. The summed E-state index contributed by atoms with van der Waals surface area (Å²) in [6, 6.07) is 18.7. The summed E-state index contributed by atoms with van der Waals surface area (Å²) in [5.41, 5.74) is 0.719. The lowest BCUT2D eigenvalue weighted by Crippen LogP contribution is -2.20. The summed E-state index contributed by atoms with van der Waals surface area (Å²) in [7, 11) is 0.418. The van der Waals surface area contributed by atoms with E-state index in [0.29, 0.717) is 33.0 Å². The highest BCUT2D eigenvalue weighted by Gasteiger charge is 2.26. The monoisotopic (exact) mass is 716 g/mol. The third kappa shape index (κ3) is 7.05. The summed E-state index contributed by atoms with van der Waals surface area (Å²) in [6.45, 7) is 0. The quantitative estimate of drug-likeness (QED) is 0.137. The van der Waals surface area contributed by atoms with Gasteiger partial charge in [-0.1, -0.05) is 36.4 Å². The fraction of sp³-hybridized carbons (Fsp3) is 0.167. The number of rotatable bonds is 12. The molecule has 0 aliphatic rings. The fourth-order valence-electron chi connectivity index (χ4n) is 5.64. The first-order valence-electron chi connectivity index (χ1n) is 15.2. The summed E-state index contributed by atoms with van der Waals surface area (Å²) in [4.78, 5) is 31.0. The van der Waals surface area contributed by atoms with Crippen LogP contribution in [0, 0.1) is 0 Å². The highest BCUT2D eigenvalue weighted by atomic mass is 32.3. The maximum atomic E-state index is 14.0. The average Bonchev–Trinajstić information content (AvgIpc) is 3.11. The van der Waals surface area contributed by atoms with Crippen LogP contribution in [0.5, 0.6) is 46.0 Å². The lowest BCUT2D eigenvalue weighted by atomic mass is 10.0. The number of fused-ring (bicyclic) bond motifs is 2. The Kier molecular flexibility index (Phi) is 9.39. The van der Waals surface area contributed by atoms with E-state index in [-0.39, 0.29) is 69.9 Å². The number of hydrogen-bond donors (Lipinski definition) is 4. The van der Waals surface area contributed by atoms with E-state index in [1.165, 1.54) is 52.7 Å². The molecular weight excluding hydrogens is 684 g/mol. The van der Waals surface area contributed by atoms with Gasteiger partial charge in [0.15, 0.2) is 46.0 Å². The van der Waals surface area contributed by atoms with Crippen LogP contribution in [0.3, 0.4) is 0 Å². The predicted molar refractivity (Wildman–Crippen MR) is 187 cm³/mol. The summed E-state index contributed by atoms with van der Waals surface area (Å²) >= 11 is 0. The van der Waals surface area contributed by atoms with E-state index in [0.717, 1.165) is 0 Å². The summed E-state index contributed by atoms with van der Waals surface area (Å²) in [6.07, 6.45) is 0.168. The number of ether oxygens (including phenoxy) is 4. The van der Waals surface area contributed by atoms with Crippen molar-refractivity contribution in [1.29, 1.82) is 0 Å². The Balaban J connectivity index is 1.48. The Labute approximate surface area is 290 Å². The van der Waals surface area contributed by atoms with Crippen LogP contribution in [0.25, 0.3) is 21.8 Å². The van der Waals surface area contributed by atoms with E-state index < -0.39 is 21.5 Å². The third-order valence-electron chi connectivity index (χ3n) is 8.13. The van der Waals surface area contributed by atoms with Gasteiger partial charge in [-0.3, -0.25) is 9.59 Å². The van der Waals surface area contributed by atoms with Crippen LogP contribution in [-0.4, -0.2) is 57.0 Å². The lowest BCUT2D eigenvalue weighted by molar-refractivity contribution is 0.373. The summed E-state index contributed by atoms with van der Waals surface area (Å²) in [5, 5.41) is 21.0. The molecule has 6 rings (SSSR count). The number of phenols is 2. The van der Waals surface area contributed by atoms with Crippen molar-refractivity contribution in [2.75, 3.05) is 28.4 Å². The van der Waals surface area contributed by atoms with Crippen molar-refractivity contribution in [3.05, 3.63) is 116 Å². The molecule has 0 aliphatic heterocycles. The Morgan fingerprint density at radius 3 is 1.31 bits per heavy atom. The van der Waals surface area contributed by atoms with Crippen molar-refractivity contribution in [2.45, 2.75) is 12.8 Å². The van der Waals surface area contributed by atoms with Crippen LogP contribution in [0.2, 0.25) is 0 Å². The highest BCUT2D eigenvalue weighted by molar-refractivity contribution is 7.82. The number of aromatic amines is 2. The molecule has 14 nitrogen and oxygen atoms in total. The minimum Gasteiger partial charge on any atom is -0.504 e. The molecule has 15 heteroatoms. The van der Waals surface area contributed by atoms with Gasteiger partial charge in [-0.25, -0.2) is 0 Å². The Bertz CT molecular complexity index is 2360. The molecule has 0 radical (unpaired) electrons. The summed E-state index contributed by atoms with van der Waals surface area (Å²) in [5.74, 6) is -0.259. The zero-order valence-electron chi connectivity index (χ0n) is 27.7. The first kappa shape index (κ1) is 34.5. The molecule has 0 aliphatic carbocycles. The van der Waals surface area contributed by atoms with Crippen molar-refractivity contribution >= 4 is 32.2 Å². The molecule has 4 aromatic carbocycles. The molecule has 0 spiro atoms. The molecule has 0 atom stereocenters. The van der Waals surface area contributed by atoms with Crippen molar-refractivity contribution in [1.82, 2.24) is 9.97 Å². The number of methoxy groups -OCH3 is 4. The minimum atomic E-state index is -5.03. The molecule has 51 heavy (non-hydrogen) atoms. The van der Waals surface area contributed by atoms with Crippen molar-refractivity contribution in [3.8, 4) is 46.0 Å². The second-order valence-corrected chi connectivity index (χ2v) is 12.5. The molecule has 0 unspecified atom stereocenters. The lowest BCUT2D eigenvalue weighted by Gasteiger charge is -2.17. The van der Waals surface area contributed by atoms with Crippen LogP contribution >= 0.6 is 0 Å². The first-order valence-corrected chi connectivity index (χ1v) is 16.6. The minimum absolute atomic E-state index is 0.00535. The molecule has 4 N–H and O–H groups in total. The van der Waals surface area contributed by atoms with Crippen LogP contribution in [0.15, 0.2) is 82.4 Å². The Hall–Kier alpha value is -6.35. The molecule has 0 fully saturated rings. The van der Waals surface area contributed by atoms with Gasteiger partial charge >= 0.3 is 10.4 Å². The van der Waals surface area contributed by atoms with Crippen LogP contribution in [0.4, 0.5) is 0 Å². The smallest absolute Gasteiger partial charge is 0.501 e. The van der Waals surface area contributed by atoms with E-state index in [4.69, 9.17) is 27.3 Å². The van der Waals surface area contributed by atoms with Gasteiger partial charge in [0.05, 0.1) is 39.5 Å². The van der Waals surface area contributed by atoms with Crippen LogP contribution < -0.4 is 38.4 Å². The molecule has 2 aromatic heterocycles. The van der Waals surface area contributed by atoms with E-state index >= 15 is 0 Å². The van der Waals surface area contributed by atoms with Crippen molar-refractivity contribution in [2.24, 2.45) is 0 Å². The van der Waals surface area contributed by atoms with Gasteiger partial charge < -0.3 is 47.5 Å². The second-order valence-electron chi connectivity index (χ2n) is 11.3. The maximum Gasteiger partial charge on any atom is 0.501 e. The molecule has 0 amide bonds. The van der Waals surface area contributed by atoms with E-state index in [9.17, 15) is 28.2 Å². The van der Waals surface area contributed by atoms with Gasteiger partial charge in [-0.05, 0) is 47.5 Å². The molecule has 0 saturated heterocycles. The van der Waals surface area contributed by atoms with E-state index in [1.807, 2.05) is 0 Å². The number of hydrogen-bond acceptors (Lipinski definition) is 12. The molecule has 2 heterocycles. The van der Waals surface area contributed by atoms with Gasteiger partial charge in [-0.2, -0.15) is 0 Å². The molecule has 0 bridgehead atoms. The number of H-pyrrole nitrogens is 2. The maximum absolute atomic E-state index is 14.0. The van der Waals surface area contributed by atoms with Crippen LogP contribution in [-0.2, 0) is 23.2 Å². The number of aromatic hydroxyl groups is 2. The Morgan fingerprint density at radius 2 is 0.941 bits per heavy atom. The van der Waals surface area contributed by atoms with Crippen LogP contribution in [0.1, 0.15) is 22.3 Å². The zero-order chi connectivity index (χ0) is 36.4. The van der Waals surface area contributed by atoms with Crippen molar-refractivity contribution < 1.29 is 45.9 Å². The average molecular weight is 717 g/mol. The van der Waals surface area contributed by atoms with Crippen molar-refractivity contribution in [3.63, 3.8) is 0 Å². The molecule has 6 aromatic rings. The van der Waals surface area contributed by atoms with E-state index in [2.05, 4.69) is 9.97 Å². The largest absolute Gasteiger partial charge is 0.504 e. The Morgan fingerprint density at radius 1 is 0.549 bits per heavy atom. The standard InChI is InChI=1S/C36H32N2O12S/c1-45-27-15-19(5-11-25(27)39)13-23-9-7-21-17-29(47-3)35(41)37-31(21)33(23)49-51(43,44)50-34-24(14-20-6-12-26(40)28(16-20)46-2)10-8-22-18-30(48-4)36(42)38-32(22)34/h5-12,15-18,39-40H,13-14H2,1-4H3,(H,37,41)(H,38,42). The van der Waals surface area contributed by atoms with Gasteiger partial charge in [0, 0.05) is 34.7 Å². The zero-order valence-corrected chi connectivity index (χ0v) is 28.5. The third-order valence-corrected chi connectivity index (χ3v) is 8.87. The van der Waals surface area contributed by atoms with Gasteiger partial charge in [0.25, 0.3) is 11.1 Å². The number of phenolic OH excluding ortho intramolecular Hbond substituents is 2. The number of pyridine rings is 2. The van der Waals surface area contributed by atoms with E-state index in [1.54, 1.807) is 48.5 Å². The molecule has 264 valence electrons. The topological polar surface area (TPSA) is 196 Å². The number of benzene rings is 4. The highest BCUT2D eigenvalue weighted by Crippen LogP contribution is 2.37. The SMILES string of the molecule is COc1cc(Cc2ccc3cc(OC)c(=O)[nH]c3c2OS(=O)(=O)Oc2c(Cc3ccc(O)c(OC)c3)ccc3cc(OC)c(=O)[nH]c23)ccc1O. The fourth-order valence-corrected chi connectivity index (χ4v) is 6.46. The normalized spacial score (nSPS) is 11.4. The van der Waals surface area contributed by atoms with Gasteiger partial charge in [-0.15, -0.1) is 8.42 Å². The molecule has 0 saturated carbocycles. The predicted octanol–water partition coefficient (Wildman–Crippen LogP) is 4.70. The summed E-state index contributed by atoms with van der Waals surface area (Å²) < 4.78 is 60.2.